The molecule has 0 radical (unpaired) electrons. The zero-order valence-corrected chi connectivity index (χ0v) is 7.04. The lowest BCUT2D eigenvalue weighted by molar-refractivity contribution is -0.144. The molecular formula is C8H10F2N2O. The molecule has 72 valence electrons. The first-order valence-corrected chi connectivity index (χ1v) is 4.11. The average molecular weight is 188 g/mol. The molecule has 1 fully saturated rings. The van der Waals surface area contributed by atoms with Gasteiger partial charge in [-0.1, -0.05) is 0 Å². The summed E-state index contributed by atoms with van der Waals surface area (Å²) in [5.74, 6) is -1.20. The molecule has 5 heteroatoms. The van der Waals surface area contributed by atoms with Gasteiger partial charge in [-0.25, -0.2) is 0 Å². The summed E-state index contributed by atoms with van der Waals surface area (Å²) in [5, 5.41) is 8.52. The molecule has 0 aromatic rings. The van der Waals surface area contributed by atoms with Crippen LogP contribution >= 0.6 is 0 Å². The topological polar surface area (TPSA) is 44.1 Å². The van der Waals surface area contributed by atoms with Crippen molar-refractivity contribution in [2.45, 2.75) is 19.3 Å². The Hall–Kier alpha value is -1.18. The van der Waals surface area contributed by atoms with E-state index in [-0.39, 0.29) is 19.0 Å². The molecule has 0 atom stereocenters. The lowest BCUT2D eigenvalue weighted by Crippen LogP contribution is -2.41. The van der Waals surface area contributed by atoms with Crippen molar-refractivity contribution in [1.82, 2.24) is 4.90 Å². The van der Waals surface area contributed by atoms with E-state index >= 15 is 0 Å². The fourth-order valence-electron chi connectivity index (χ4n) is 1.37. The number of nitriles is 1. The van der Waals surface area contributed by atoms with Crippen molar-refractivity contribution in [3.63, 3.8) is 0 Å². The highest BCUT2D eigenvalue weighted by Crippen LogP contribution is 2.17. The first-order valence-electron chi connectivity index (χ1n) is 4.11. The summed E-state index contributed by atoms with van der Waals surface area (Å²) in [6, 6.07) is 2.07. The molecule has 0 bridgehead atoms. The number of amides is 1. The van der Waals surface area contributed by atoms with E-state index in [0.29, 0.717) is 12.8 Å². The first-order chi connectivity index (χ1) is 6.15. The normalized spacial score (nSPS) is 18.8. The predicted octanol–water partition coefficient (Wildman–Crippen LogP) is 1.01. The largest absolute Gasteiger partial charge is 0.338 e. The number of hydrogen-bond donors (Lipinski definition) is 0. The average Bonchev–Trinajstić information content (AvgIpc) is 2.17. The zero-order chi connectivity index (χ0) is 9.84. The Morgan fingerprint density at radius 1 is 1.46 bits per heavy atom. The molecule has 0 N–H and O–H groups in total. The highest BCUT2D eigenvalue weighted by Gasteiger charge is 2.27. The summed E-state index contributed by atoms with van der Waals surface area (Å²) in [6.45, 7) is 0.558. The minimum absolute atomic E-state index is 0.0817. The third kappa shape index (κ3) is 2.38. The van der Waals surface area contributed by atoms with E-state index in [2.05, 4.69) is 6.07 Å². The Morgan fingerprint density at radius 2 is 2.00 bits per heavy atom. The molecule has 1 rings (SSSR count). The Morgan fingerprint density at radius 3 is 2.38 bits per heavy atom. The Labute approximate surface area is 74.9 Å². The Balaban J connectivity index is 2.42. The van der Waals surface area contributed by atoms with Crippen molar-refractivity contribution in [2.24, 2.45) is 5.92 Å². The van der Waals surface area contributed by atoms with Crippen LogP contribution in [0.3, 0.4) is 0 Å². The molecule has 1 saturated heterocycles. The Kier molecular flexibility index (Phi) is 3.18. The molecule has 0 aromatic carbocycles. The summed E-state index contributed by atoms with van der Waals surface area (Å²) in [5.41, 5.74) is 0. The van der Waals surface area contributed by atoms with Gasteiger partial charge in [0.25, 0.3) is 5.91 Å². The maximum absolute atomic E-state index is 11.9. The molecule has 1 amide bonds. The van der Waals surface area contributed by atoms with Gasteiger partial charge in [-0.2, -0.15) is 14.0 Å². The van der Waals surface area contributed by atoms with Crippen LogP contribution < -0.4 is 0 Å². The lowest BCUT2D eigenvalue weighted by Gasteiger charge is -2.28. The van der Waals surface area contributed by atoms with Crippen molar-refractivity contribution in [1.29, 1.82) is 5.26 Å². The number of hydrogen-bond acceptors (Lipinski definition) is 2. The van der Waals surface area contributed by atoms with Crippen LogP contribution in [0.2, 0.25) is 0 Å². The zero-order valence-electron chi connectivity index (χ0n) is 7.04. The predicted molar refractivity (Wildman–Crippen MR) is 40.9 cm³/mol. The van der Waals surface area contributed by atoms with E-state index in [1.165, 1.54) is 0 Å². The quantitative estimate of drug-likeness (QED) is 0.616. The van der Waals surface area contributed by atoms with Gasteiger partial charge in [-0.05, 0) is 12.8 Å². The van der Waals surface area contributed by atoms with Gasteiger partial charge >= 0.3 is 6.43 Å². The van der Waals surface area contributed by atoms with E-state index in [9.17, 15) is 13.6 Å². The minimum atomic E-state index is -2.92. The van der Waals surface area contributed by atoms with Crippen LogP contribution in [0, 0.1) is 17.2 Å². The van der Waals surface area contributed by atoms with Gasteiger partial charge in [0.1, 0.15) is 0 Å². The summed E-state index contributed by atoms with van der Waals surface area (Å²) in [6.07, 6.45) is -1.90. The second-order valence-corrected chi connectivity index (χ2v) is 3.03. The second kappa shape index (κ2) is 4.17. The van der Waals surface area contributed by atoms with Crippen molar-refractivity contribution >= 4 is 5.91 Å². The van der Waals surface area contributed by atoms with Gasteiger partial charge in [0, 0.05) is 19.0 Å². The monoisotopic (exact) mass is 188 g/mol. The van der Waals surface area contributed by atoms with Gasteiger partial charge < -0.3 is 4.90 Å². The van der Waals surface area contributed by atoms with Crippen molar-refractivity contribution in [2.75, 3.05) is 13.1 Å². The number of likely N-dealkylation sites (tertiary alicyclic amines) is 1. The van der Waals surface area contributed by atoms with Crippen molar-refractivity contribution in [3.05, 3.63) is 0 Å². The molecule has 0 aromatic heterocycles. The summed E-state index contributed by atoms with van der Waals surface area (Å²) >= 11 is 0. The fraction of sp³-hybridized carbons (Fsp3) is 0.750. The number of nitrogens with zero attached hydrogens (tertiary/aromatic N) is 2. The molecule has 1 aliphatic heterocycles. The van der Waals surface area contributed by atoms with Crippen LogP contribution in [0.4, 0.5) is 8.78 Å². The van der Waals surface area contributed by atoms with Gasteiger partial charge in [-0.3, -0.25) is 4.79 Å². The molecule has 0 spiro atoms. The van der Waals surface area contributed by atoms with Crippen LogP contribution in [0.5, 0.6) is 0 Å². The third-order valence-corrected chi connectivity index (χ3v) is 2.18. The van der Waals surface area contributed by atoms with Crippen LogP contribution in [0.25, 0.3) is 0 Å². The number of carbonyl (C=O) groups excluding carboxylic acids is 1. The van der Waals surface area contributed by atoms with Crippen LogP contribution in [0.15, 0.2) is 0 Å². The SMILES string of the molecule is N#CC1CCN(C(=O)C(F)F)CC1. The number of halogens is 2. The highest BCUT2D eigenvalue weighted by molar-refractivity contribution is 5.79. The molecular weight excluding hydrogens is 178 g/mol. The standard InChI is InChI=1S/C8H10F2N2O/c9-7(10)8(13)12-3-1-6(5-11)2-4-12/h6-7H,1-4H2. The number of rotatable bonds is 1. The van der Waals surface area contributed by atoms with Gasteiger partial charge in [-0.15, -0.1) is 0 Å². The summed E-state index contributed by atoms with van der Waals surface area (Å²) in [7, 11) is 0. The number of piperidine rings is 1. The van der Waals surface area contributed by atoms with E-state index in [1.54, 1.807) is 0 Å². The van der Waals surface area contributed by atoms with Gasteiger partial charge in [0.05, 0.1) is 6.07 Å². The maximum atomic E-state index is 11.9. The van der Waals surface area contributed by atoms with Gasteiger partial charge in [0.2, 0.25) is 0 Å². The van der Waals surface area contributed by atoms with Crippen LogP contribution in [-0.2, 0) is 4.79 Å². The first kappa shape index (κ1) is 9.90. The molecule has 3 nitrogen and oxygen atoms in total. The van der Waals surface area contributed by atoms with Gasteiger partial charge in [0.15, 0.2) is 0 Å². The van der Waals surface area contributed by atoms with E-state index in [4.69, 9.17) is 5.26 Å². The van der Waals surface area contributed by atoms with Crippen molar-refractivity contribution < 1.29 is 13.6 Å². The molecule has 1 aliphatic rings. The molecule has 13 heavy (non-hydrogen) atoms. The molecule has 1 heterocycles. The minimum Gasteiger partial charge on any atom is -0.338 e. The van der Waals surface area contributed by atoms with Crippen molar-refractivity contribution in [3.8, 4) is 6.07 Å². The lowest BCUT2D eigenvalue weighted by atomic mass is 9.99. The number of carbonyl (C=O) groups is 1. The van der Waals surface area contributed by atoms with Crippen LogP contribution in [-0.4, -0.2) is 30.3 Å². The molecule has 0 saturated carbocycles. The summed E-state index contributed by atoms with van der Waals surface area (Å²) in [4.78, 5) is 11.9. The fourth-order valence-corrected chi connectivity index (χ4v) is 1.37. The smallest absolute Gasteiger partial charge is 0.315 e. The van der Waals surface area contributed by atoms with E-state index in [1.807, 2.05) is 0 Å². The van der Waals surface area contributed by atoms with E-state index in [0.717, 1.165) is 4.90 Å². The van der Waals surface area contributed by atoms with E-state index < -0.39 is 12.3 Å². The number of alkyl halides is 2. The summed E-state index contributed by atoms with van der Waals surface area (Å²) < 4.78 is 23.9. The molecule has 0 aliphatic carbocycles. The highest BCUT2D eigenvalue weighted by atomic mass is 19.3. The molecule has 0 unspecified atom stereocenters. The second-order valence-electron chi connectivity index (χ2n) is 3.03. The Bertz CT molecular complexity index is 229. The van der Waals surface area contributed by atoms with Crippen LogP contribution in [0.1, 0.15) is 12.8 Å². The maximum Gasteiger partial charge on any atom is 0.315 e. The third-order valence-electron chi connectivity index (χ3n) is 2.18.